The van der Waals surface area contributed by atoms with Crippen molar-refractivity contribution in [2.24, 2.45) is 0 Å². The van der Waals surface area contributed by atoms with E-state index < -0.39 is 97.3 Å². The van der Waals surface area contributed by atoms with E-state index in [2.05, 4.69) is 0 Å². The summed E-state index contributed by atoms with van der Waals surface area (Å²) in [5.41, 5.74) is 0. The van der Waals surface area contributed by atoms with Gasteiger partial charge in [-0.25, -0.2) is 0 Å². The molecule has 398 valence electrons. The van der Waals surface area contributed by atoms with Crippen molar-refractivity contribution in [1.82, 2.24) is 0 Å². The zero-order chi connectivity index (χ0) is 52.6. The minimum absolute atomic E-state index is 0.0975. The van der Waals surface area contributed by atoms with Crippen LogP contribution in [0.2, 0.25) is 0 Å². The zero-order valence-electron chi connectivity index (χ0n) is 36.3. The smallest absolute Gasteiger partial charge is 0.328 e. The lowest BCUT2D eigenvalue weighted by Crippen LogP contribution is -2.70. The third-order valence-corrected chi connectivity index (χ3v) is 11.3. The van der Waals surface area contributed by atoms with Gasteiger partial charge in [-0.1, -0.05) is 38.5 Å². The number of unbranched alkanes of at least 4 members (excludes halogenated alkanes) is 13. The van der Waals surface area contributed by atoms with Crippen molar-refractivity contribution < 1.29 is 123 Å². The van der Waals surface area contributed by atoms with E-state index in [1.165, 1.54) is 0 Å². The molecule has 0 N–H and O–H groups in total. The molecule has 0 heterocycles. The Morgan fingerprint density at radius 3 is 0.576 bits per heavy atom. The lowest BCUT2D eigenvalue weighted by atomic mass is 9.91. The average molecular weight is 1030 g/mol. The lowest BCUT2D eigenvalue weighted by Gasteiger charge is -2.39. The summed E-state index contributed by atoms with van der Waals surface area (Å²) in [6.07, 6.45) is -15.3. The second kappa shape index (κ2) is 22.5. The van der Waals surface area contributed by atoms with Gasteiger partial charge in [-0.15, -0.1) is 0 Å². The van der Waals surface area contributed by atoms with Gasteiger partial charge in [-0.05, 0) is 64.2 Å². The van der Waals surface area contributed by atoms with Crippen molar-refractivity contribution in [1.29, 1.82) is 0 Å². The number of hydrogen-bond donors (Lipinski definition) is 0. The summed E-state index contributed by atoms with van der Waals surface area (Å²) in [5.74, 6) is -73.6. The van der Waals surface area contributed by atoms with E-state index in [9.17, 15) is 114 Å². The van der Waals surface area contributed by atoms with Gasteiger partial charge in [0.1, 0.15) is 0 Å². The molecule has 0 bridgehead atoms. The van der Waals surface area contributed by atoms with Gasteiger partial charge in [0.05, 0.1) is 54.4 Å². The molecule has 0 aliphatic rings. The molecule has 0 spiro atoms. The molecule has 0 aromatic carbocycles. The number of hydrogen-bond acceptors (Lipinski definition) is 0. The van der Waals surface area contributed by atoms with Crippen LogP contribution < -0.4 is 0 Å². The molecule has 0 rings (SSSR count). The highest BCUT2D eigenvalue weighted by molar-refractivity contribution is 5.11. The first-order valence-electron chi connectivity index (χ1n) is 20.7. The van der Waals surface area contributed by atoms with E-state index >= 15 is 0 Å². The van der Waals surface area contributed by atoms with Crippen molar-refractivity contribution in [3.05, 3.63) is 0 Å². The average Bonchev–Trinajstić information content (AvgIpc) is 3.13. The third kappa shape index (κ3) is 14.8. The molecule has 66 heavy (non-hydrogen) atoms. The molecule has 0 saturated carbocycles. The summed E-state index contributed by atoms with van der Waals surface area (Å²) >= 11 is 0. The Kier molecular flexibility index (Phi) is 21.8. The fourth-order valence-electron chi connectivity index (χ4n) is 6.76. The Labute approximate surface area is 364 Å². The molecule has 0 amide bonds. The number of nitrogens with zero attached hydrogens (tertiary/aromatic N) is 2. The Hall–Kier alpha value is -1.90. The van der Waals surface area contributed by atoms with Gasteiger partial charge < -0.3 is 8.97 Å². The van der Waals surface area contributed by atoms with Crippen LogP contribution in [-0.2, 0) is 0 Å². The molecule has 28 heteroatoms. The van der Waals surface area contributed by atoms with Crippen LogP contribution in [-0.4, -0.2) is 135 Å². The van der Waals surface area contributed by atoms with E-state index in [1.807, 2.05) is 28.2 Å². The largest absolute Gasteiger partial charge is 0.460 e. The number of quaternary nitrogens is 2. The summed E-state index contributed by atoms with van der Waals surface area (Å²) in [5, 5.41) is 0. The summed E-state index contributed by atoms with van der Waals surface area (Å²) < 4.78 is 345. The van der Waals surface area contributed by atoms with Crippen LogP contribution in [0.25, 0.3) is 0 Å². The predicted molar refractivity (Wildman–Crippen MR) is 188 cm³/mol. The molecular formula is C38H56F26N2+2. The first-order chi connectivity index (χ1) is 29.1. The Bertz CT molecular complexity index is 1330. The third-order valence-electron chi connectivity index (χ3n) is 11.3. The maximum absolute atomic E-state index is 13.9. The second-order valence-electron chi connectivity index (χ2n) is 17.9. The molecule has 0 saturated heterocycles. The van der Waals surface area contributed by atoms with Gasteiger partial charge in [0.15, 0.2) is 0 Å². The van der Waals surface area contributed by atoms with E-state index in [1.54, 1.807) is 0 Å². The lowest BCUT2D eigenvalue weighted by molar-refractivity contribution is -0.891. The second-order valence-corrected chi connectivity index (χ2v) is 17.9. The highest BCUT2D eigenvalue weighted by atomic mass is 19.4. The first kappa shape index (κ1) is 64.1. The number of halogens is 26. The first-order valence-corrected chi connectivity index (χ1v) is 20.7. The maximum atomic E-state index is 13.9. The molecule has 0 aromatic heterocycles. The zero-order valence-corrected chi connectivity index (χ0v) is 36.3. The van der Waals surface area contributed by atoms with Gasteiger partial charge in [0.25, 0.3) is 0 Å². The van der Waals surface area contributed by atoms with E-state index in [-0.39, 0.29) is 25.7 Å². The molecular weight excluding hydrogens is 978 g/mol. The fourth-order valence-corrected chi connectivity index (χ4v) is 6.76. The summed E-state index contributed by atoms with van der Waals surface area (Å²) in [6.45, 7) is 2.81. The minimum Gasteiger partial charge on any atom is -0.328 e. The molecule has 0 aromatic rings. The highest BCUT2D eigenvalue weighted by Gasteiger charge is 2.92. The van der Waals surface area contributed by atoms with Crippen LogP contribution in [0.15, 0.2) is 0 Å². The standard InChI is InChI=1S/C38H56F26N2/c1-65(2,23-17-11-7-5-9-15-21-27(39,40)29(43,44)31(47,48)33(51,52)35(55,56)37(59,60)61)25-19-13-14-20-26-66(3,4)24-18-12-8-6-10-16-22-28(41,42)30(45,46)32(49,50)34(53,54)36(57,58)38(62,63)64/h5-26H2,1-4H3/q+2. The summed E-state index contributed by atoms with van der Waals surface area (Å²) in [4.78, 5) is 0. The molecule has 0 aliphatic heterocycles. The van der Waals surface area contributed by atoms with Crippen molar-refractivity contribution in [3.8, 4) is 0 Å². The van der Waals surface area contributed by atoms with Crippen molar-refractivity contribution >= 4 is 0 Å². The van der Waals surface area contributed by atoms with Crippen LogP contribution in [0, 0.1) is 0 Å². The van der Waals surface area contributed by atoms with Crippen LogP contribution in [0.1, 0.15) is 116 Å². The molecule has 0 unspecified atom stereocenters. The van der Waals surface area contributed by atoms with E-state index in [0.29, 0.717) is 60.6 Å². The van der Waals surface area contributed by atoms with Crippen molar-refractivity contribution in [2.75, 3.05) is 54.4 Å². The van der Waals surface area contributed by atoms with Gasteiger partial charge in [-0.3, -0.25) is 0 Å². The maximum Gasteiger partial charge on any atom is 0.460 e. The molecule has 0 fully saturated rings. The van der Waals surface area contributed by atoms with Crippen LogP contribution in [0.3, 0.4) is 0 Å². The van der Waals surface area contributed by atoms with E-state index in [0.717, 1.165) is 38.8 Å². The van der Waals surface area contributed by atoms with Gasteiger partial charge >= 0.3 is 71.6 Å². The topological polar surface area (TPSA) is 0 Å². The molecule has 0 radical (unpaired) electrons. The number of alkyl halides is 26. The Morgan fingerprint density at radius 2 is 0.379 bits per heavy atom. The molecule has 2 nitrogen and oxygen atoms in total. The van der Waals surface area contributed by atoms with Crippen LogP contribution in [0.4, 0.5) is 114 Å². The SMILES string of the molecule is C[N+](C)(CCCCCCCCC(F)(F)C(F)(F)C(F)(F)C(F)(F)C(F)(F)C(F)(F)F)CCCCCC[N+](C)(C)CCCCCCCCC(F)(F)C(F)(F)C(F)(F)C(F)(F)C(F)(F)C(F)(F)F. The normalized spacial score (nSPS) is 15.5. The van der Waals surface area contributed by atoms with E-state index in [4.69, 9.17) is 0 Å². The van der Waals surface area contributed by atoms with Crippen molar-refractivity contribution in [2.45, 2.75) is 187 Å². The Balaban J connectivity index is 4.45. The summed E-state index contributed by atoms with van der Waals surface area (Å²) in [7, 11) is 7.73. The number of rotatable bonds is 33. The summed E-state index contributed by atoms with van der Waals surface area (Å²) in [6, 6.07) is 0. The quantitative estimate of drug-likeness (QED) is 0.0349. The van der Waals surface area contributed by atoms with Crippen molar-refractivity contribution in [3.63, 3.8) is 0 Å². The predicted octanol–water partition coefficient (Wildman–Crippen LogP) is 15.6. The van der Waals surface area contributed by atoms with Gasteiger partial charge in [-0.2, -0.15) is 114 Å². The minimum atomic E-state index is -7.91. The highest BCUT2D eigenvalue weighted by Crippen LogP contribution is 2.62. The Morgan fingerprint density at radius 1 is 0.212 bits per heavy atom. The van der Waals surface area contributed by atoms with Gasteiger partial charge in [0, 0.05) is 12.8 Å². The van der Waals surface area contributed by atoms with Crippen LogP contribution >= 0.6 is 0 Å². The van der Waals surface area contributed by atoms with Crippen LogP contribution in [0.5, 0.6) is 0 Å². The van der Waals surface area contributed by atoms with Gasteiger partial charge in [0.2, 0.25) is 0 Å². The molecule has 0 aliphatic carbocycles. The fraction of sp³-hybridized carbons (Fsp3) is 1.00. The monoisotopic (exact) mass is 1030 g/mol. The molecule has 0 atom stereocenters.